The van der Waals surface area contributed by atoms with Crippen molar-refractivity contribution in [3.05, 3.63) is 0 Å². The summed E-state index contributed by atoms with van der Waals surface area (Å²) in [6.45, 7) is 8.78. The van der Waals surface area contributed by atoms with E-state index in [0.717, 1.165) is 5.92 Å². The van der Waals surface area contributed by atoms with Crippen molar-refractivity contribution in [3.8, 4) is 0 Å². The Morgan fingerprint density at radius 2 is 0.714 bits per heavy atom. The van der Waals surface area contributed by atoms with Gasteiger partial charge in [0.1, 0.15) is 0 Å². The highest BCUT2D eigenvalue weighted by atomic mass is 15.1. The van der Waals surface area contributed by atoms with Gasteiger partial charge in [0.2, 0.25) is 0 Å². The third kappa shape index (κ3) is 22.9. The van der Waals surface area contributed by atoms with Crippen LogP contribution in [0.3, 0.4) is 0 Å². The lowest BCUT2D eigenvalue weighted by Gasteiger charge is -2.32. The molecule has 1 heterocycles. The van der Waals surface area contributed by atoms with Crippen molar-refractivity contribution in [2.45, 2.75) is 194 Å². The van der Waals surface area contributed by atoms with Crippen LogP contribution in [-0.2, 0) is 0 Å². The van der Waals surface area contributed by atoms with E-state index in [4.69, 9.17) is 0 Å². The van der Waals surface area contributed by atoms with Crippen LogP contribution in [-0.4, -0.2) is 24.5 Å². The van der Waals surface area contributed by atoms with E-state index in [1.807, 2.05) is 0 Å². The molecule has 0 aromatic rings. The fourth-order valence-corrected chi connectivity index (χ4v) is 6.13. The first-order valence-electron chi connectivity index (χ1n) is 17.1. The summed E-state index contributed by atoms with van der Waals surface area (Å²) in [7, 11) is 0. The topological polar surface area (TPSA) is 3.24 Å². The van der Waals surface area contributed by atoms with Gasteiger partial charge in [-0.15, -0.1) is 0 Å². The van der Waals surface area contributed by atoms with Gasteiger partial charge in [-0.3, -0.25) is 0 Å². The molecule has 1 heteroatoms. The molecule has 1 nitrogen and oxygen atoms in total. The Morgan fingerprint density at radius 3 is 1.09 bits per heavy atom. The average molecular weight is 492 g/mol. The lowest BCUT2D eigenvalue weighted by molar-refractivity contribution is 0.174. The molecule has 0 aromatic heterocycles. The fraction of sp³-hybridized carbons (Fsp3) is 1.00. The number of hydrogen-bond acceptors (Lipinski definition) is 1. The monoisotopic (exact) mass is 492 g/mol. The number of unbranched alkanes of at least 4 members (excludes halogenated alkanes) is 23. The Balaban J connectivity index is 1.76. The minimum absolute atomic E-state index is 1.04. The van der Waals surface area contributed by atoms with Crippen LogP contribution < -0.4 is 0 Å². The maximum Gasteiger partial charge on any atom is -0.00161 e. The van der Waals surface area contributed by atoms with Crippen LogP contribution in [0.2, 0.25) is 0 Å². The molecular weight excluding hydrogens is 422 g/mol. The summed E-state index contributed by atoms with van der Waals surface area (Å²) in [4.78, 5) is 2.78. The largest absolute Gasteiger partial charge is 0.303 e. The number of hydrogen-bond donors (Lipinski definition) is 0. The maximum absolute atomic E-state index is 2.78. The van der Waals surface area contributed by atoms with E-state index < -0.39 is 0 Å². The molecule has 0 N–H and O–H groups in total. The van der Waals surface area contributed by atoms with Crippen LogP contribution in [0.25, 0.3) is 0 Å². The van der Waals surface area contributed by atoms with Crippen LogP contribution in [0.1, 0.15) is 194 Å². The van der Waals surface area contributed by atoms with Crippen molar-refractivity contribution in [1.29, 1.82) is 0 Å². The third-order valence-electron chi connectivity index (χ3n) is 8.75. The van der Waals surface area contributed by atoms with Crippen LogP contribution in [0, 0.1) is 5.92 Å². The SMILES string of the molecule is CCCCCCCCCCCCCCCCN1CCC(CCCCCCCCCCCCC)CC1. The van der Waals surface area contributed by atoms with Gasteiger partial charge in [-0.2, -0.15) is 0 Å². The number of rotatable bonds is 27. The van der Waals surface area contributed by atoms with E-state index in [-0.39, 0.29) is 0 Å². The summed E-state index contributed by atoms with van der Waals surface area (Å²) >= 11 is 0. The predicted molar refractivity (Wildman–Crippen MR) is 161 cm³/mol. The second-order valence-corrected chi connectivity index (χ2v) is 12.2. The smallest absolute Gasteiger partial charge is 0.00161 e. The highest BCUT2D eigenvalue weighted by molar-refractivity contribution is 4.72. The maximum atomic E-state index is 2.78. The number of likely N-dealkylation sites (tertiary alicyclic amines) is 1. The Labute approximate surface area is 224 Å². The van der Waals surface area contributed by atoms with Gasteiger partial charge in [-0.25, -0.2) is 0 Å². The standard InChI is InChI=1S/C34H69N/c1-3-5-7-9-11-13-15-16-17-19-21-23-25-27-31-35-32-29-34(30-33-35)28-26-24-22-20-18-14-12-10-8-6-4-2/h34H,3-33H2,1-2H3. The Morgan fingerprint density at radius 1 is 0.400 bits per heavy atom. The summed E-state index contributed by atoms with van der Waals surface area (Å²) in [5.41, 5.74) is 0. The molecule has 0 amide bonds. The number of nitrogens with zero attached hydrogens (tertiary/aromatic N) is 1. The van der Waals surface area contributed by atoms with Gasteiger partial charge < -0.3 is 4.90 Å². The zero-order valence-electron chi connectivity index (χ0n) is 24.9. The van der Waals surface area contributed by atoms with Gasteiger partial charge in [0.05, 0.1) is 0 Å². The van der Waals surface area contributed by atoms with Crippen LogP contribution in [0.4, 0.5) is 0 Å². The van der Waals surface area contributed by atoms with Gasteiger partial charge in [0, 0.05) is 0 Å². The molecule has 0 bridgehead atoms. The van der Waals surface area contributed by atoms with E-state index in [2.05, 4.69) is 18.7 Å². The summed E-state index contributed by atoms with van der Waals surface area (Å²) in [6, 6.07) is 0. The molecule has 0 unspecified atom stereocenters. The molecular formula is C34H69N. The van der Waals surface area contributed by atoms with Gasteiger partial charge in [0.15, 0.2) is 0 Å². The van der Waals surface area contributed by atoms with E-state index >= 15 is 0 Å². The molecule has 1 aliphatic heterocycles. The van der Waals surface area contributed by atoms with E-state index in [9.17, 15) is 0 Å². The van der Waals surface area contributed by atoms with E-state index in [1.54, 1.807) is 0 Å². The second kappa shape index (κ2) is 27.0. The first kappa shape index (κ1) is 33.0. The molecule has 0 atom stereocenters. The lowest BCUT2D eigenvalue weighted by Crippen LogP contribution is -2.34. The first-order valence-corrected chi connectivity index (χ1v) is 17.1. The van der Waals surface area contributed by atoms with Crippen molar-refractivity contribution in [3.63, 3.8) is 0 Å². The van der Waals surface area contributed by atoms with Crippen LogP contribution in [0.5, 0.6) is 0 Å². The molecule has 35 heavy (non-hydrogen) atoms. The van der Waals surface area contributed by atoms with Gasteiger partial charge in [-0.1, -0.05) is 174 Å². The average Bonchev–Trinajstić information content (AvgIpc) is 2.88. The van der Waals surface area contributed by atoms with Crippen molar-refractivity contribution >= 4 is 0 Å². The first-order chi connectivity index (χ1) is 17.4. The molecule has 1 saturated heterocycles. The lowest BCUT2D eigenvalue weighted by atomic mass is 9.91. The van der Waals surface area contributed by atoms with Crippen molar-refractivity contribution in [1.82, 2.24) is 4.90 Å². The quantitative estimate of drug-likeness (QED) is 0.103. The predicted octanol–water partition coefficient (Wildman–Crippen LogP) is 11.9. The van der Waals surface area contributed by atoms with E-state index in [1.165, 1.54) is 199 Å². The summed E-state index contributed by atoms with van der Waals surface area (Å²) in [6.07, 6.45) is 41.2. The Hall–Kier alpha value is -0.0400. The zero-order valence-corrected chi connectivity index (χ0v) is 24.9. The molecule has 0 saturated carbocycles. The normalized spacial score (nSPS) is 15.3. The molecule has 0 spiro atoms. The van der Waals surface area contributed by atoms with E-state index in [0.29, 0.717) is 0 Å². The molecule has 0 aromatic carbocycles. The molecule has 1 rings (SSSR count). The molecule has 1 aliphatic rings. The number of piperidine rings is 1. The summed E-state index contributed by atoms with van der Waals surface area (Å²) in [5, 5.41) is 0. The molecule has 210 valence electrons. The van der Waals surface area contributed by atoms with Gasteiger partial charge in [0.25, 0.3) is 0 Å². The summed E-state index contributed by atoms with van der Waals surface area (Å²) in [5.74, 6) is 1.04. The summed E-state index contributed by atoms with van der Waals surface area (Å²) < 4.78 is 0. The van der Waals surface area contributed by atoms with Crippen LogP contribution in [0.15, 0.2) is 0 Å². The van der Waals surface area contributed by atoms with Gasteiger partial charge in [-0.05, 0) is 44.8 Å². The van der Waals surface area contributed by atoms with Crippen molar-refractivity contribution in [2.75, 3.05) is 19.6 Å². The highest BCUT2D eigenvalue weighted by Gasteiger charge is 2.18. The molecule has 1 fully saturated rings. The molecule has 0 aliphatic carbocycles. The third-order valence-corrected chi connectivity index (χ3v) is 8.75. The zero-order chi connectivity index (χ0) is 25.1. The Bertz CT molecular complexity index is 381. The van der Waals surface area contributed by atoms with Crippen molar-refractivity contribution in [2.24, 2.45) is 5.92 Å². The van der Waals surface area contributed by atoms with Crippen LogP contribution >= 0.6 is 0 Å². The highest BCUT2D eigenvalue weighted by Crippen LogP contribution is 2.24. The Kier molecular flexibility index (Phi) is 25.5. The minimum Gasteiger partial charge on any atom is -0.303 e. The molecule has 0 radical (unpaired) electrons. The fourth-order valence-electron chi connectivity index (χ4n) is 6.13. The van der Waals surface area contributed by atoms with Crippen molar-refractivity contribution < 1.29 is 0 Å². The second-order valence-electron chi connectivity index (χ2n) is 12.2. The van der Waals surface area contributed by atoms with Gasteiger partial charge >= 0.3 is 0 Å². The minimum atomic E-state index is 1.04.